The van der Waals surface area contributed by atoms with Gasteiger partial charge in [0.1, 0.15) is 10.8 Å². The summed E-state index contributed by atoms with van der Waals surface area (Å²) in [6.45, 7) is 0. The number of nitro groups is 1. The topological polar surface area (TPSA) is 134 Å². The quantitative estimate of drug-likeness (QED) is 0.356. The number of halogens is 5. The minimum Gasteiger partial charge on any atom is -0.548 e. The summed E-state index contributed by atoms with van der Waals surface area (Å²) >= 11 is 11.7. The van der Waals surface area contributed by atoms with Crippen LogP contribution in [0.25, 0.3) is 0 Å². The van der Waals surface area contributed by atoms with Crippen molar-refractivity contribution in [3.63, 3.8) is 0 Å². The van der Waals surface area contributed by atoms with Crippen LogP contribution < -0.4 is 15.2 Å². The first kappa shape index (κ1) is 25.7. The van der Waals surface area contributed by atoms with Gasteiger partial charge in [0.05, 0.1) is 33.1 Å². The van der Waals surface area contributed by atoms with Crippen molar-refractivity contribution in [2.24, 2.45) is 0 Å². The number of rotatable bonds is 7. The lowest BCUT2D eigenvalue weighted by Gasteiger charge is -2.21. The Morgan fingerprint density at radius 2 is 1.71 bits per heavy atom. The molecule has 0 saturated carbocycles. The van der Waals surface area contributed by atoms with E-state index in [1.165, 1.54) is 24.3 Å². The van der Waals surface area contributed by atoms with Crippen LogP contribution in [0.2, 0.25) is 10.0 Å². The third kappa shape index (κ3) is 6.16. The third-order valence-corrected chi connectivity index (χ3v) is 5.08. The van der Waals surface area contributed by atoms with Crippen LogP contribution in [0.3, 0.4) is 0 Å². The maximum absolute atomic E-state index is 12.7. The fourth-order valence-electron chi connectivity index (χ4n) is 2.78. The van der Waals surface area contributed by atoms with E-state index >= 15 is 0 Å². The van der Waals surface area contributed by atoms with Crippen LogP contribution in [0.5, 0.6) is 11.6 Å². The first-order chi connectivity index (χ1) is 16.4. The van der Waals surface area contributed by atoms with E-state index < -0.39 is 45.3 Å². The Morgan fingerprint density at radius 3 is 2.26 bits per heavy atom. The Bertz CT molecular complexity index is 1300. The molecule has 0 fully saturated rings. The number of nitro benzene ring substituents is 1. The zero-order valence-corrected chi connectivity index (χ0v) is 18.5. The number of hydrogen-bond donors (Lipinski definition) is 1. The average molecular weight is 529 g/mol. The number of ether oxygens (including phenoxy) is 1. The predicted molar refractivity (Wildman–Crippen MR) is 114 cm³/mol. The molecular formula is C21H11Cl2F3N3O6-. The lowest BCUT2D eigenvalue weighted by Crippen LogP contribution is -2.41. The van der Waals surface area contributed by atoms with E-state index in [1.807, 2.05) is 0 Å². The lowest BCUT2D eigenvalue weighted by atomic mass is 10.1. The van der Waals surface area contributed by atoms with Crippen LogP contribution in [0.1, 0.15) is 27.5 Å². The van der Waals surface area contributed by atoms with Gasteiger partial charge in [0.15, 0.2) is 0 Å². The van der Waals surface area contributed by atoms with Crippen molar-refractivity contribution in [1.29, 1.82) is 0 Å². The van der Waals surface area contributed by atoms with E-state index in [9.17, 15) is 38.0 Å². The molecule has 0 aliphatic rings. The van der Waals surface area contributed by atoms with Gasteiger partial charge in [0.2, 0.25) is 5.88 Å². The lowest BCUT2D eigenvalue weighted by molar-refractivity contribution is -0.384. The van der Waals surface area contributed by atoms with E-state index in [1.54, 1.807) is 0 Å². The highest BCUT2D eigenvalue weighted by molar-refractivity contribution is 6.34. The van der Waals surface area contributed by atoms with E-state index in [0.717, 1.165) is 18.2 Å². The molecule has 0 aliphatic carbocycles. The number of carbonyl (C=O) groups is 2. The Balaban J connectivity index is 1.79. The van der Waals surface area contributed by atoms with Gasteiger partial charge in [0.25, 0.3) is 11.6 Å². The molecular weight excluding hydrogens is 518 g/mol. The second-order valence-electron chi connectivity index (χ2n) is 6.83. The van der Waals surface area contributed by atoms with Crippen LogP contribution in [-0.2, 0) is 11.0 Å². The van der Waals surface area contributed by atoms with Crippen molar-refractivity contribution in [2.75, 3.05) is 0 Å². The van der Waals surface area contributed by atoms with Crippen LogP contribution in [0, 0.1) is 10.1 Å². The summed E-state index contributed by atoms with van der Waals surface area (Å²) in [7, 11) is 0. The number of carboxylic acid groups (broad SMARTS) is 1. The van der Waals surface area contributed by atoms with Crippen molar-refractivity contribution in [3.8, 4) is 11.6 Å². The number of nitrogens with zero attached hydrogens (tertiary/aromatic N) is 2. The van der Waals surface area contributed by atoms with E-state index in [2.05, 4.69) is 10.3 Å². The molecule has 14 heteroatoms. The van der Waals surface area contributed by atoms with E-state index in [0.29, 0.717) is 12.3 Å². The highest BCUT2D eigenvalue weighted by atomic mass is 35.5. The Morgan fingerprint density at radius 1 is 1.06 bits per heavy atom. The molecule has 2 aromatic carbocycles. The largest absolute Gasteiger partial charge is 0.548 e. The molecule has 1 heterocycles. The summed E-state index contributed by atoms with van der Waals surface area (Å²) in [6.07, 6.45) is -4.10. The Hall–Kier alpha value is -3.90. The number of benzene rings is 2. The maximum atomic E-state index is 12.7. The van der Waals surface area contributed by atoms with Crippen molar-refractivity contribution >= 4 is 40.8 Å². The average Bonchev–Trinajstić information content (AvgIpc) is 2.78. The summed E-state index contributed by atoms with van der Waals surface area (Å²) in [4.78, 5) is 37.9. The van der Waals surface area contributed by atoms with Crippen molar-refractivity contribution in [1.82, 2.24) is 10.3 Å². The van der Waals surface area contributed by atoms with Gasteiger partial charge in [-0.3, -0.25) is 14.9 Å². The highest BCUT2D eigenvalue weighted by Gasteiger charge is 2.32. The fourth-order valence-corrected chi connectivity index (χ4v) is 3.19. The number of alkyl halides is 3. The van der Waals surface area contributed by atoms with E-state index in [4.69, 9.17) is 27.9 Å². The SMILES string of the molecule is O=C(N[C@H](C(=O)[O-])c1ccc(Oc2ncc(C(F)(F)F)cc2Cl)cc1)c1cc([N+](=O)[O-])ccc1Cl. The predicted octanol–water partition coefficient (Wildman–Crippen LogP) is 4.33. The normalized spacial score (nSPS) is 12.0. The molecule has 182 valence electrons. The second-order valence-corrected chi connectivity index (χ2v) is 7.64. The first-order valence-corrected chi connectivity index (χ1v) is 10.1. The fraction of sp³-hybridized carbons (Fsp3) is 0.0952. The van der Waals surface area contributed by atoms with Crippen molar-refractivity contribution < 1.29 is 37.5 Å². The minimum atomic E-state index is -4.64. The standard InChI is InChI=1S/C21H12Cl2F3N3O6/c22-15-6-3-12(29(33)34)8-14(15)18(30)28-17(20(31)32)10-1-4-13(5-2-10)35-19-16(23)7-11(9-27-19)21(24,25)26/h1-9,17H,(H,28,30)(H,31,32)/p-1/t17-/m0/s1. The van der Waals surface area contributed by atoms with E-state index in [-0.39, 0.29) is 27.8 Å². The summed E-state index contributed by atoms with van der Waals surface area (Å²) in [6, 6.07) is 7.04. The molecule has 3 aromatic rings. The van der Waals surface area contributed by atoms with Gasteiger partial charge in [-0.05, 0) is 29.8 Å². The van der Waals surface area contributed by atoms with Gasteiger partial charge in [-0.2, -0.15) is 13.2 Å². The van der Waals surface area contributed by atoms with Crippen LogP contribution in [0.15, 0.2) is 54.7 Å². The molecule has 3 rings (SSSR count). The van der Waals surface area contributed by atoms with Crippen LogP contribution in [-0.4, -0.2) is 21.8 Å². The van der Waals surface area contributed by atoms with Gasteiger partial charge in [-0.1, -0.05) is 35.3 Å². The number of nitrogens with one attached hydrogen (secondary N) is 1. The number of carbonyl (C=O) groups excluding carboxylic acids is 2. The molecule has 0 unspecified atom stereocenters. The highest BCUT2D eigenvalue weighted by Crippen LogP contribution is 2.35. The number of hydrogen-bond acceptors (Lipinski definition) is 7. The summed E-state index contributed by atoms with van der Waals surface area (Å²) in [5.41, 5.74) is -1.79. The number of amides is 1. The monoisotopic (exact) mass is 528 g/mol. The van der Waals surface area contributed by atoms with Gasteiger partial charge >= 0.3 is 6.18 Å². The zero-order valence-electron chi connectivity index (χ0n) is 17.0. The maximum Gasteiger partial charge on any atom is 0.417 e. The Kier molecular flexibility index (Phi) is 7.46. The number of carboxylic acids is 1. The first-order valence-electron chi connectivity index (χ1n) is 9.33. The molecule has 9 nitrogen and oxygen atoms in total. The molecule has 35 heavy (non-hydrogen) atoms. The molecule has 0 bridgehead atoms. The van der Waals surface area contributed by atoms with Gasteiger partial charge in [0, 0.05) is 18.3 Å². The Labute approximate surface area is 204 Å². The minimum absolute atomic E-state index is 0.0266. The van der Waals surface area contributed by atoms with Crippen LogP contribution in [0.4, 0.5) is 18.9 Å². The molecule has 0 radical (unpaired) electrons. The van der Waals surface area contributed by atoms with Crippen molar-refractivity contribution in [2.45, 2.75) is 12.2 Å². The third-order valence-electron chi connectivity index (χ3n) is 4.48. The van der Waals surface area contributed by atoms with Crippen LogP contribution >= 0.6 is 23.2 Å². The molecule has 0 spiro atoms. The molecule has 1 atom stereocenters. The number of aliphatic carboxylic acids is 1. The zero-order chi connectivity index (χ0) is 25.9. The second kappa shape index (κ2) is 10.2. The number of non-ortho nitro benzene ring substituents is 1. The number of pyridine rings is 1. The molecule has 1 N–H and O–H groups in total. The van der Waals surface area contributed by atoms with Crippen molar-refractivity contribution in [3.05, 3.63) is 91.6 Å². The van der Waals surface area contributed by atoms with Gasteiger partial charge in [-0.25, -0.2) is 4.98 Å². The smallest absolute Gasteiger partial charge is 0.417 e. The number of aromatic nitrogens is 1. The summed E-state index contributed by atoms with van der Waals surface area (Å²) in [5.74, 6) is -2.97. The molecule has 1 amide bonds. The summed E-state index contributed by atoms with van der Waals surface area (Å²) in [5, 5.41) is 24.2. The summed E-state index contributed by atoms with van der Waals surface area (Å²) < 4.78 is 43.5. The molecule has 0 aliphatic heterocycles. The van der Waals surface area contributed by atoms with Gasteiger partial charge in [-0.15, -0.1) is 0 Å². The van der Waals surface area contributed by atoms with Gasteiger partial charge < -0.3 is 20.0 Å². The molecule has 0 saturated heterocycles. The molecule has 1 aromatic heterocycles.